The highest BCUT2D eigenvalue weighted by Crippen LogP contribution is 2.32. The van der Waals surface area contributed by atoms with E-state index in [1.165, 1.54) is 0 Å². The molecule has 134 valence electrons. The predicted octanol–water partition coefficient (Wildman–Crippen LogP) is 0.790. The number of hydrogen-bond acceptors (Lipinski definition) is 4. The molecular weight excluding hydrogens is 320 g/mol. The first-order chi connectivity index (χ1) is 12.0. The van der Waals surface area contributed by atoms with E-state index in [2.05, 4.69) is 4.98 Å². The molecule has 3 heterocycles. The van der Waals surface area contributed by atoms with Crippen LogP contribution in [0.25, 0.3) is 0 Å². The average molecular weight is 344 g/mol. The lowest BCUT2D eigenvalue weighted by Crippen LogP contribution is -2.41. The molecule has 2 aliphatic heterocycles. The third-order valence-electron chi connectivity index (χ3n) is 5.65. The molecule has 0 spiro atoms. The number of carbonyl (C=O) groups is 2. The molecule has 25 heavy (non-hydrogen) atoms. The minimum Gasteiger partial charge on any atom is -0.343 e. The summed E-state index contributed by atoms with van der Waals surface area (Å²) in [6.07, 6.45) is 4.27. The summed E-state index contributed by atoms with van der Waals surface area (Å²) in [7, 11) is 0. The minimum absolute atomic E-state index is 0.103. The standard InChI is InChI=1S/C18H24N4O3/c1-11(23)21-7-4-12(5-8-21)16-19-15-6-9-22(18(25)13-2-3-13)10-14(15)17(24)20-16/h12-13H,2-10H2,1H3,(H,19,20,24). The molecule has 2 fully saturated rings. The molecule has 1 aliphatic carbocycles. The minimum atomic E-state index is -0.109. The Morgan fingerprint density at radius 2 is 1.80 bits per heavy atom. The van der Waals surface area contributed by atoms with Gasteiger partial charge in [-0.2, -0.15) is 0 Å². The van der Waals surface area contributed by atoms with E-state index in [9.17, 15) is 14.4 Å². The molecule has 2 amide bonds. The fourth-order valence-corrected chi connectivity index (χ4v) is 3.88. The largest absolute Gasteiger partial charge is 0.343 e. The normalized spacial score (nSPS) is 21.2. The molecule has 1 saturated carbocycles. The maximum Gasteiger partial charge on any atom is 0.256 e. The van der Waals surface area contributed by atoms with Gasteiger partial charge in [0, 0.05) is 44.8 Å². The van der Waals surface area contributed by atoms with Crippen LogP contribution in [-0.2, 0) is 22.6 Å². The zero-order valence-corrected chi connectivity index (χ0v) is 14.6. The van der Waals surface area contributed by atoms with Crippen LogP contribution >= 0.6 is 0 Å². The first-order valence-corrected chi connectivity index (χ1v) is 9.19. The lowest BCUT2D eigenvalue weighted by molar-refractivity contribution is -0.133. The summed E-state index contributed by atoms with van der Waals surface area (Å²) in [5.41, 5.74) is 1.38. The van der Waals surface area contributed by atoms with Crippen LogP contribution in [0.1, 0.15) is 55.6 Å². The van der Waals surface area contributed by atoms with Crippen molar-refractivity contribution in [2.75, 3.05) is 19.6 Å². The van der Waals surface area contributed by atoms with Crippen LogP contribution in [0.3, 0.4) is 0 Å². The fraction of sp³-hybridized carbons (Fsp3) is 0.667. The van der Waals surface area contributed by atoms with Crippen molar-refractivity contribution in [3.05, 3.63) is 27.4 Å². The van der Waals surface area contributed by atoms with Crippen LogP contribution < -0.4 is 5.56 Å². The van der Waals surface area contributed by atoms with Gasteiger partial charge in [0.1, 0.15) is 5.82 Å². The Bertz CT molecular complexity index is 760. The van der Waals surface area contributed by atoms with Crippen LogP contribution in [0.4, 0.5) is 0 Å². The van der Waals surface area contributed by atoms with Crippen LogP contribution in [0, 0.1) is 5.92 Å². The molecule has 1 N–H and O–H groups in total. The molecule has 0 atom stereocenters. The summed E-state index contributed by atoms with van der Waals surface area (Å²) >= 11 is 0. The Morgan fingerprint density at radius 3 is 2.44 bits per heavy atom. The summed E-state index contributed by atoms with van der Waals surface area (Å²) in [5.74, 6) is 1.41. The number of nitrogens with one attached hydrogen (secondary N) is 1. The molecule has 3 aliphatic rings. The highest BCUT2D eigenvalue weighted by Gasteiger charge is 2.35. The van der Waals surface area contributed by atoms with Crippen LogP contribution in [0.5, 0.6) is 0 Å². The molecule has 1 aromatic rings. The summed E-state index contributed by atoms with van der Waals surface area (Å²) < 4.78 is 0. The molecular formula is C18H24N4O3. The van der Waals surface area contributed by atoms with Gasteiger partial charge in [-0.05, 0) is 25.7 Å². The van der Waals surface area contributed by atoms with Gasteiger partial charge >= 0.3 is 0 Å². The first kappa shape index (κ1) is 16.3. The first-order valence-electron chi connectivity index (χ1n) is 9.19. The van der Waals surface area contributed by atoms with Crippen molar-refractivity contribution < 1.29 is 9.59 Å². The second kappa shape index (κ2) is 6.28. The molecule has 1 aromatic heterocycles. The van der Waals surface area contributed by atoms with E-state index < -0.39 is 0 Å². The highest BCUT2D eigenvalue weighted by atomic mass is 16.2. The molecule has 4 rings (SSSR count). The van der Waals surface area contributed by atoms with E-state index in [0.29, 0.717) is 38.2 Å². The van der Waals surface area contributed by atoms with Crippen LogP contribution in [0.15, 0.2) is 4.79 Å². The number of rotatable bonds is 2. The number of amides is 2. The molecule has 0 radical (unpaired) electrons. The van der Waals surface area contributed by atoms with Gasteiger partial charge in [-0.25, -0.2) is 4.98 Å². The Hall–Kier alpha value is -2.18. The molecule has 7 nitrogen and oxygen atoms in total. The lowest BCUT2D eigenvalue weighted by Gasteiger charge is -2.32. The van der Waals surface area contributed by atoms with Gasteiger partial charge in [-0.15, -0.1) is 0 Å². The number of hydrogen-bond donors (Lipinski definition) is 1. The highest BCUT2D eigenvalue weighted by molar-refractivity contribution is 5.81. The lowest BCUT2D eigenvalue weighted by atomic mass is 9.95. The van der Waals surface area contributed by atoms with Gasteiger partial charge < -0.3 is 14.8 Å². The molecule has 1 saturated heterocycles. The van der Waals surface area contributed by atoms with Crippen molar-refractivity contribution >= 4 is 11.8 Å². The van der Waals surface area contributed by atoms with Crippen molar-refractivity contribution in [1.29, 1.82) is 0 Å². The number of aromatic amines is 1. The van der Waals surface area contributed by atoms with E-state index in [4.69, 9.17) is 4.98 Å². The third kappa shape index (κ3) is 3.19. The molecule has 0 aromatic carbocycles. The van der Waals surface area contributed by atoms with Gasteiger partial charge in [-0.1, -0.05) is 0 Å². The number of piperidine rings is 1. The summed E-state index contributed by atoms with van der Waals surface area (Å²) in [6, 6.07) is 0. The van der Waals surface area contributed by atoms with E-state index >= 15 is 0 Å². The van der Waals surface area contributed by atoms with Gasteiger partial charge in [0.15, 0.2) is 0 Å². The SMILES string of the molecule is CC(=O)N1CCC(c2nc3c(c(=O)[nH]2)CN(C(=O)C2CC2)CC3)CC1. The van der Waals surface area contributed by atoms with E-state index in [0.717, 1.165) is 37.2 Å². The van der Waals surface area contributed by atoms with Crippen molar-refractivity contribution in [2.45, 2.75) is 51.5 Å². The Kier molecular flexibility index (Phi) is 4.09. The summed E-state index contributed by atoms with van der Waals surface area (Å²) in [5, 5.41) is 0. The number of carbonyl (C=O) groups excluding carboxylic acids is 2. The van der Waals surface area contributed by atoms with Crippen LogP contribution in [0.2, 0.25) is 0 Å². The molecule has 0 unspecified atom stereocenters. The predicted molar refractivity (Wildman–Crippen MR) is 90.9 cm³/mol. The van der Waals surface area contributed by atoms with Gasteiger partial charge in [0.05, 0.1) is 17.8 Å². The fourth-order valence-electron chi connectivity index (χ4n) is 3.88. The molecule has 7 heteroatoms. The summed E-state index contributed by atoms with van der Waals surface area (Å²) in [4.78, 5) is 47.6. The zero-order chi connectivity index (χ0) is 17.6. The number of nitrogens with zero attached hydrogens (tertiary/aromatic N) is 3. The van der Waals surface area contributed by atoms with E-state index in [1.807, 2.05) is 9.80 Å². The van der Waals surface area contributed by atoms with Crippen molar-refractivity contribution in [1.82, 2.24) is 19.8 Å². The third-order valence-corrected chi connectivity index (χ3v) is 5.65. The van der Waals surface area contributed by atoms with E-state index in [-0.39, 0.29) is 29.2 Å². The van der Waals surface area contributed by atoms with E-state index in [1.54, 1.807) is 6.92 Å². The number of likely N-dealkylation sites (tertiary alicyclic amines) is 1. The zero-order valence-electron chi connectivity index (χ0n) is 14.6. The number of fused-ring (bicyclic) bond motifs is 1. The Balaban J connectivity index is 1.50. The van der Waals surface area contributed by atoms with Gasteiger partial charge in [0.25, 0.3) is 5.56 Å². The average Bonchev–Trinajstić information content (AvgIpc) is 3.46. The maximum absolute atomic E-state index is 12.6. The van der Waals surface area contributed by atoms with Crippen LogP contribution in [-0.4, -0.2) is 51.2 Å². The smallest absolute Gasteiger partial charge is 0.256 e. The monoisotopic (exact) mass is 344 g/mol. The molecule has 0 bridgehead atoms. The second-order valence-corrected chi connectivity index (χ2v) is 7.44. The van der Waals surface area contributed by atoms with Crippen molar-refractivity contribution in [3.8, 4) is 0 Å². The van der Waals surface area contributed by atoms with Crippen molar-refractivity contribution in [3.63, 3.8) is 0 Å². The topological polar surface area (TPSA) is 86.4 Å². The van der Waals surface area contributed by atoms with Crippen molar-refractivity contribution in [2.24, 2.45) is 5.92 Å². The summed E-state index contributed by atoms with van der Waals surface area (Å²) in [6.45, 7) is 4.06. The maximum atomic E-state index is 12.6. The number of aromatic nitrogens is 2. The van der Waals surface area contributed by atoms with Gasteiger partial charge in [-0.3, -0.25) is 14.4 Å². The van der Waals surface area contributed by atoms with Gasteiger partial charge in [0.2, 0.25) is 11.8 Å². The Labute approximate surface area is 146 Å². The number of H-pyrrole nitrogens is 1. The Morgan fingerprint density at radius 1 is 1.08 bits per heavy atom. The second-order valence-electron chi connectivity index (χ2n) is 7.44. The quantitative estimate of drug-likeness (QED) is 0.859.